The Bertz CT molecular complexity index is 203. The van der Waals surface area contributed by atoms with Crippen molar-refractivity contribution < 1.29 is 0 Å². The molecule has 10 heavy (non-hydrogen) atoms. The monoisotopic (exact) mass is 134 g/mol. The molecule has 0 saturated carbocycles. The molecule has 0 radical (unpaired) electrons. The van der Waals surface area contributed by atoms with E-state index < -0.39 is 0 Å². The molecule has 0 N–H and O–H groups in total. The molecule has 0 aromatic carbocycles. The standard InChI is InChI=1S/C8H10N2/c1-3-9-6-8-2-4-10-5-7(1)8/h1,3,5-8H,2,4H2. The van der Waals surface area contributed by atoms with Gasteiger partial charge in [0.2, 0.25) is 0 Å². The molecule has 0 spiro atoms. The van der Waals surface area contributed by atoms with Gasteiger partial charge in [0.1, 0.15) is 0 Å². The zero-order valence-corrected chi connectivity index (χ0v) is 5.77. The summed E-state index contributed by atoms with van der Waals surface area (Å²) in [7, 11) is 0. The zero-order chi connectivity index (χ0) is 6.81. The summed E-state index contributed by atoms with van der Waals surface area (Å²) < 4.78 is 0. The molecule has 0 fully saturated rings. The van der Waals surface area contributed by atoms with Crippen LogP contribution >= 0.6 is 0 Å². The fourth-order valence-electron chi connectivity index (χ4n) is 1.40. The highest BCUT2D eigenvalue weighted by Gasteiger charge is 2.19. The first kappa shape index (κ1) is 5.83. The van der Waals surface area contributed by atoms with E-state index in [1.807, 2.05) is 18.6 Å². The Morgan fingerprint density at radius 3 is 3.20 bits per heavy atom. The quantitative estimate of drug-likeness (QED) is 0.477. The smallest absolute Gasteiger partial charge is 0.0392 e. The third-order valence-corrected chi connectivity index (χ3v) is 2.04. The van der Waals surface area contributed by atoms with Gasteiger partial charge in [0.15, 0.2) is 0 Å². The van der Waals surface area contributed by atoms with E-state index in [2.05, 4.69) is 16.1 Å². The van der Waals surface area contributed by atoms with Crippen LogP contribution in [0.4, 0.5) is 0 Å². The minimum Gasteiger partial charge on any atom is -0.297 e. The van der Waals surface area contributed by atoms with E-state index in [1.165, 1.54) is 0 Å². The van der Waals surface area contributed by atoms with Crippen molar-refractivity contribution in [3.8, 4) is 0 Å². The summed E-state index contributed by atoms with van der Waals surface area (Å²) in [6.45, 7) is 0.973. The second-order valence-corrected chi connectivity index (χ2v) is 2.72. The lowest BCUT2D eigenvalue weighted by Gasteiger charge is -2.22. The average molecular weight is 134 g/mol. The van der Waals surface area contributed by atoms with E-state index in [0.717, 1.165) is 13.0 Å². The summed E-state index contributed by atoms with van der Waals surface area (Å²) in [5.74, 6) is 1.16. The van der Waals surface area contributed by atoms with Gasteiger partial charge < -0.3 is 0 Å². The first-order chi connectivity index (χ1) is 4.97. The van der Waals surface area contributed by atoms with Gasteiger partial charge in [0.05, 0.1) is 0 Å². The molecular formula is C8H10N2. The van der Waals surface area contributed by atoms with Crippen LogP contribution in [0.1, 0.15) is 6.42 Å². The Labute approximate surface area is 60.4 Å². The Kier molecular flexibility index (Phi) is 1.38. The Morgan fingerprint density at radius 2 is 2.30 bits per heavy atom. The van der Waals surface area contributed by atoms with Crippen LogP contribution in [-0.2, 0) is 0 Å². The minimum atomic E-state index is 0.534. The number of fused-ring (bicyclic) bond motifs is 1. The van der Waals surface area contributed by atoms with Crippen LogP contribution in [0.2, 0.25) is 0 Å². The van der Waals surface area contributed by atoms with Gasteiger partial charge in [-0.2, -0.15) is 0 Å². The Balaban J connectivity index is 2.21. The van der Waals surface area contributed by atoms with Crippen molar-refractivity contribution in [2.24, 2.45) is 21.8 Å². The molecule has 0 aromatic rings. The Morgan fingerprint density at radius 1 is 1.30 bits per heavy atom. The van der Waals surface area contributed by atoms with Crippen LogP contribution in [0.5, 0.6) is 0 Å². The van der Waals surface area contributed by atoms with Crippen molar-refractivity contribution in [1.82, 2.24) is 0 Å². The number of allylic oxidation sites excluding steroid dienone is 1. The van der Waals surface area contributed by atoms with Gasteiger partial charge in [-0.15, -0.1) is 0 Å². The average Bonchev–Trinajstić information content (AvgIpc) is 2.05. The molecule has 2 unspecified atom stereocenters. The van der Waals surface area contributed by atoms with Gasteiger partial charge in [0, 0.05) is 37.0 Å². The van der Waals surface area contributed by atoms with Gasteiger partial charge in [-0.3, -0.25) is 9.98 Å². The fourth-order valence-corrected chi connectivity index (χ4v) is 1.40. The molecule has 0 saturated heterocycles. The molecule has 2 aliphatic rings. The maximum absolute atomic E-state index is 4.22. The predicted octanol–water partition coefficient (Wildman–Crippen LogP) is 1.29. The summed E-state index contributed by atoms with van der Waals surface area (Å²) in [6.07, 6.45) is 9.21. The highest BCUT2D eigenvalue weighted by molar-refractivity contribution is 5.75. The first-order valence-corrected chi connectivity index (χ1v) is 3.67. The lowest BCUT2D eigenvalue weighted by atomic mass is 9.88. The molecule has 0 aliphatic carbocycles. The van der Waals surface area contributed by atoms with Crippen LogP contribution in [0.25, 0.3) is 0 Å². The number of hydrogen-bond acceptors (Lipinski definition) is 2. The van der Waals surface area contributed by atoms with Crippen molar-refractivity contribution >= 4 is 12.4 Å². The van der Waals surface area contributed by atoms with E-state index in [9.17, 15) is 0 Å². The number of nitrogens with zero attached hydrogens (tertiary/aromatic N) is 2. The molecule has 0 aromatic heterocycles. The van der Waals surface area contributed by atoms with Crippen LogP contribution in [0.3, 0.4) is 0 Å². The maximum atomic E-state index is 4.22. The highest BCUT2D eigenvalue weighted by Crippen LogP contribution is 2.20. The van der Waals surface area contributed by atoms with Crippen molar-refractivity contribution in [2.45, 2.75) is 6.42 Å². The largest absolute Gasteiger partial charge is 0.297 e. The van der Waals surface area contributed by atoms with Crippen molar-refractivity contribution in [2.75, 3.05) is 6.54 Å². The second-order valence-electron chi connectivity index (χ2n) is 2.72. The summed E-state index contributed by atoms with van der Waals surface area (Å²) in [4.78, 5) is 8.32. The first-order valence-electron chi connectivity index (χ1n) is 3.67. The van der Waals surface area contributed by atoms with Crippen LogP contribution in [0, 0.1) is 11.8 Å². The zero-order valence-electron chi connectivity index (χ0n) is 5.77. The lowest BCUT2D eigenvalue weighted by Crippen LogP contribution is -2.22. The molecule has 2 rings (SSSR count). The molecule has 0 bridgehead atoms. The molecule has 2 atom stereocenters. The van der Waals surface area contributed by atoms with Gasteiger partial charge in [0.25, 0.3) is 0 Å². The molecule has 2 aliphatic heterocycles. The second kappa shape index (κ2) is 2.37. The van der Waals surface area contributed by atoms with Gasteiger partial charge in [-0.1, -0.05) is 6.08 Å². The van der Waals surface area contributed by atoms with E-state index in [-0.39, 0.29) is 0 Å². The number of hydrogen-bond donors (Lipinski definition) is 0. The maximum Gasteiger partial charge on any atom is 0.0392 e. The fraction of sp³-hybridized carbons (Fsp3) is 0.500. The minimum absolute atomic E-state index is 0.534. The van der Waals surface area contributed by atoms with E-state index in [4.69, 9.17) is 0 Å². The van der Waals surface area contributed by atoms with Crippen LogP contribution in [0.15, 0.2) is 22.3 Å². The molecule has 2 heterocycles. The summed E-state index contributed by atoms with van der Waals surface area (Å²) >= 11 is 0. The molecule has 52 valence electrons. The van der Waals surface area contributed by atoms with E-state index in [1.54, 1.807) is 0 Å². The normalized spacial score (nSPS) is 36.0. The summed E-state index contributed by atoms with van der Waals surface area (Å²) in [5.41, 5.74) is 0. The van der Waals surface area contributed by atoms with Crippen molar-refractivity contribution in [3.63, 3.8) is 0 Å². The van der Waals surface area contributed by atoms with Crippen molar-refractivity contribution in [1.29, 1.82) is 0 Å². The summed E-state index contributed by atoms with van der Waals surface area (Å²) in [5, 5.41) is 0. The molecule has 0 amide bonds. The van der Waals surface area contributed by atoms with Gasteiger partial charge >= 0.3 is 0 Å². The Hall–Kier alpha value is -0.920. The lowest BCUT2D eigenvalue weighted by molar-refractivity contribution is 0.561. The van der Waals surface area contributed by atoms with Crippen LogP contribution in [-0.4, -0.2) is 19.0 Å². The van der Waals surface area contributed by atoms with E-state index >= 15 is 0 Å². The SMILES string of the molecule is C1=CC2C=NCCC2C=N1. The molecule has 2 heteroatoms. The number of aliphatic imine (C=N–C) groups is 2. The van der Waals surface area contributed by atoms with Gasteiger partial charge in [-0.25, -0.2) is 0 Å². The summed E-state index contributed by atoms with van der Waals surface area (Å²) in [6, 6.07) is 0. The number of rotatable bonds is 0. The predicted molar refractivity (Wildman–Crippen MR) is 42.6 cm³/mol. The topological polar surface area (TPSA) is 24.7 Å². The molecule has 2 nitrogen and oxygen atoms in total. The molecular weight excluding hydrogens is 124 g/mol. The van der Waals surface area contributed by atoms with Gasteiger partial charge in [-0.05, 0) is 6.42 Å². The van der Waals surface area contributed by atoms with Crippen LogP contribution < -0.4 is 0 Å². The third kappa shape index (κ3) is 0.897. The highest BCUT2D eigenvalue weighted by atomic mass is 14.8. The third-order valence-electron chi connectivity index (χ3n) is 2.04. The van der Waals surface area contributed by atoms with Crippen molar-refractivity contribution in [3.05, 3.63) is 12.3 Å². The van der Waals surface area contributed by atoms with E-state index in [0.29, 0.717) is 11.8 Å².